The predicted molar refractivity (Wildman–Crippen MR) is 50.9 cm³/mol. The molecule has 0 aliphatic heterocycles. The van der Waals surface area contributed by atoms with E-state index in [-0.39, 0.29) is 0 Å². The summed E-state index contributed by atoms with van der Waals surface area (Å²) in [5.41, 5.74) is -1.21. The van der Waals surface area contributed by atoms with Crippen molar-refractivity contribution in [2.75, 3.05) is 0 Å². The SMILES string of the molecule is O=C(O)c1ccccc1C(O)C(F)(F)C(=O)O. The predicted octanol–water partition coefficient (Wildman–Crippen LogP) is 1.14. The van der Waals surface area contributed by atoms with Gasteiger partial charge in [0.05, 0.1) is 5.56 Å². The molecule has 1 atom stereocenters. The van der Waals surface area contributed by atoms with Crippen LogP contribution in [0.4, 0.5) is 8.78 Å². The lowest BCUT2D eigenvalue weighted by atomic mass is 9.98. The first-order chi connectivity index (χ1) is 7.78. The number of aliphatic hydroxyl groups is 1. The van der Waals surface area contributed by atoms with E-state index in [2.05, 4.69) is 0 Å². The third-order valence-corrected chi connectivity index (χ3v) is 2.11. The average molecular weight is 246 g/mol. The van der Waals surface area contributed by atoms with Gasteiger partial charge in [0, 0.05) is 5.56 Å². The number of benzene rings is 1. The van der Waals surface area contributed by atoms with Crippen LogP contribution in [-0.2, 0) is 4.79 Å². The zero-order valence-corrected chi connectivity index (χ0v) is 8.30. The zero-order chi connectivity index (χ0) is 13.2. The van der Waals surface area contributed by atoms with Crippen molar-refractivity contribution in [3.63, 3.8) is 0 Å². The quantitative estimate of drug-likeness (QED) is 0.740. The lowest BCUT2D eigenvalue weighted by Crippen LogP contribution is -2.36. The molecule has 7 heteroatoms. The van der Waals surface area contributed by atoms with Gasteiger partial charge in [-0.15, -0.1) is 0 Å². The molecule has 17 heavy (non-hydrogen) atoms. The van der Waals surface area contributed by atoms with Gasteiger partial charge >= 0.3 is 17.9 Å². The van der Waals surface area contributed by atoms with Gasteiger partial charge < -0.3 is 15.3 Å². The summed E-state index contributed by atoms with van der Waals surface area (Å²) in [5, 5.41) is 26.2. The second-order valence-electron chi connectivity index (χ2n) is 3.22. The Morgan fingerprint density at radius 2 is 1.71 bits per heavy atom. The highest BCUT2D eigenvalue weighted by atomic mass is 19.3. The number of carbonyl (C=O) groups is 2. The van der Waals surface area contributed by atoms with Crippen LogP contribution in [0.15, 0.2) is 24.3 Å². The normalized spacial score (nSPS) is 13.1. The van der Waals surface area contributed by atoms with Crippen LogP contribution in [0, 0.1) is 0 Å². The van der Waals surface area contributed by atoms with Crippen molar-refractivity contribution in [2.45, 2.75) is 12.0 Å². The van der Waals surface area contributed by atoms with E-state index in [0.717, 1.165) is 12.1 Å². The van der Waals surface area contributed by atoms with Crippen LogP contribution >= 0.6 is 0 Å². The maximum Gasteiger partial charge on any atom is 0.377 e. The van der Waals surface area contributed by atoms with Gasteiger partial charge in [0.2, 0.25) is 0 Å². The number of rotatable bonds is 4. The number of carboxylic acid groups (broad SMARTS) is 2. The molecule has 3 N–H and O–H groups in total. The minimum Gasteiger partial charge on any atom is -0.478 e. The maximum absolute atomic E-state index is 13.0. The van der Waals surface area contributed by atoms with Crippen molar-refractivity contribution >= 4 is 11.9 Å². The van der Waals surface area contributed by atoms with E-state index in [1.807, 2.05) is 0 Å². The fraction of sp³-hybridized carbons (Fsp3) is 0.200. The smallest absolute Gasteiger partial charge is 0.377 e. The first-order valence-electron chi connectivity index (χ1n) is 4.40. The molecular weight excluding hydrogens is 238 g/mol. The summed E-state index contributed by atoms with van der Waals surface area (Å²) in [5.74, 6) is -8.50. The Kier molecular flexibility index (Phi) is 3.42. The summed E-state index contributed by atoms with van der Waals surface area (Å²) >= 11 is 0. The molecule has 0 amide bonds. The molecule has 0 heterocycles. The first-order valence-corrected chi connectivity index (χ1v) is 4.40. The summed E-state index contributed by atoms with van der Waals surface area (Å²) in [6, 6.07) is 4.44. The number of alkyl halides is 2. The van der Waals surface area contributed by atoms with Crippen molar-refractivity contribution in [1.82, 2.24) is 0 Å². The number of aliphatic carboxylic acids is 1. The molecule has 0 radical (unpaired) electrons. The van der Waals surface area contributed by atoms with E-state index in [0.29, 0.717) is 0 Å². The van der Waals surface area contributed by atoms with Crippen molar-refractivity contribution in [3.05, 3.63) is 35.4 Å². The number of halogens is 2. The molecule has 1 rings (SSSR count). The average Bonchev–Trinajstić information content (AvgIpc) is 2.27. The van der Waals surface area contributed by atoms with Crippen LogP contribution < -0.4 is 0 Å². The molecule has 1 unspecified atom stereocenters. The molecule has 5 nitrogen and oxygen atoms in total. The van der Waals surface area contributed by atoms with Gasteiger partial charge in [-0.25, -0.2) is 9.59 Å². The van der Waals surface area contributed by atoms with E-state index in [9.17, 15) is 23.5 Å². The van der Waals surface area contributed by atoms with Crippen LogP contribution in [-0.4, -0.2) is 33.2 Å². The Balaban J connectivity index is 3.26. The Bertz CT molecular complexity index is 458. The van der Waals surface area contributed by atoms with Crippen LogP contribution in [0.25, 0.3) is 0 Å². The van der Waals surface area contributed by atoms with Crippen molar-refractivity contribution < 1.29 is 33.7 Å². The van der Waals surface area contributed by atoms with E-state index in [4.69, 9.17) is 10.2 Å². The van der Waals surface area contributed by atoms with Crippen LogP contribution in [0.2, 0.25) is 0 Å². The third kappa shape index (κ3) is 2.39. The Hall–Kier alpha value is -2.02. The Morgan fingerprint density at radius 3 is 2.18 bits per heavy atom. The highest BCUT2D eigenvalue weighted by Gasteiger charge is 2.48. The van der Waals surface area contributed by atoms with E-state index < -0.39 is 35.1 Å². The minimum absolute atomic E-state index is 0.569. The highest BCUT2D eigenvalue weighted by molar-refractivity contribution is 5.90. The van der Waals surface area contributed by atoms with Crippen molar-refractivity contribution in [2.24, 2.45) is 0 Å². The molecule has 0 aliphatic carbocycles. The second kappa shape index (κ2) is 4.46. The van der Waals surface area contributed by atoms with Crippen molar-refractivity contribution in [1.29, 1.82) is 0 Å². The monoisotopic (exact) mass is 246 g/mol. The molecule has 0 aromatic heterocycles. The van der Waals surface area contributed by atoms with Crippen LogP contribution in [0.5, 0.6) is 0 Å². The largest absolute Gasteiger partial charge is 0.478 e. The van der Waals surface area contributed by atoms with E-state index in [1.165, 1.54) is 12.1 Å². The van der Waals surface area contributed by atoms with Crippen molar-refractivity contribution in [3.8, 4) is 0 Å². The number of hydrogen-bond donors (Lipinski definition) is 3. The molecule has 0 bridgehead atoms. The van der Waals surface area contributed by atoms with Gasteiger partial charge in [-0.1, -0.05) is 18.2 Å². The molecule has 1 aromatic rings. The van der Waals surface area contributed by atoms with Crippen LogP contribution in [0.1, 0.15) is 22.0 Å². The molecule has 92 valence electrons. The molecule has 0 aliphatic rings. The summed E-state index contributed by atoms with van der Waals surface area (Å²) in [6.45, 7) is 0. The summed E-state index contributed by atoms with van der Waals surface area (Å²) in [7, 11) is 0. The van der Waals surface area contributed by atoms with Crippen LogP contribution in [0.3, 0.4) is 0 Å². The topological polar surface area (TPSA) is 94.8 Å². The molecule has 0 spiro atoms. The molecular formula is C10H8F2O5. The standard InChI is InChI=1S/C10H8F2O5/c11-10(12,9(16)17)7(13)5-3-1-2-4-6(5)8(14)15/h1-4,7,13H,(H,14,15)(H,16,17). The summed E-state index contributed by atoms with van der Waals surface area (Å²) in [4.78, 5) is 21.0. The molecule has 1 aromatic carbocycles. The second-order valence-corrected chi connectivity index (χ2v) is 3.22. The fourth-order valence-electron chi connectivity index (χ4n) is 1.24. The lowest BCUT2D eigenvalue weighted by Gasteiger charge is -2.19. The number of aromatic carboxylic acids is 1. The van der Waals surface area contributed by atoms with Gasteiger partial charge in [-0.05, 0) is 6.07 Å². The van der Waals surface area contributed by atoms with Gasteiger partial charge in [0.1, 0.15) is 0 Å². The fourth-order valence-corrected chi connectivity index (χ4v) is 1.24. The molecule has 0 saturated carbocycles. The number of aliphatic hydroxyl groups excluding tert-OH is 1. The third-order valence-electron chi connectivity index (χ3n) is 2.11. The Labute approximate surface area is 93.9 Å². The Morgan fingerprint density at radius 1 is 1.18 bits per heavy atom. The minimum atomic E-state index is -4.45. The summed E-state index contributed by atoms with van der Waals surface area (Å²) in [6.07, 6.45) is -2.72. The van der Waals surface area contributed by atoms with Gasteiger partial charge in [0.25, 0.3) is 0 Å². The van der Waals surface area contributed by atoms with E-state index >= 15 is 0 Å². The zero-order valence-electron chi connectivity index (χ0n) is 8.30. The number of carboxylic acids is 2. The van der Waals surface area contributed by atoms with Gasteiger partial charge in [0.15, 0.2) is 6.10 Å². The van der Waals surface area contributed by atoms with E-state index in [1.54, 1.807) is 0 Å². The summed E-state index contributed by atoms with van der Waals surface area (Å²) < 4.78 is 26.1. The highest BCUT2D eigenvalue weighted by Crippen LogP contribution is 2.33. The maximum atomic E-state index is 13.0. The van der Waals surface area contributed by atoms with Gasteiger partial charge in [-0.2, -0.15) is 8.78 Å². The first kappa shape index (κ1) is 13.0. The molecule has 0 fully saturated rings. The number of hydrogen-bond acceptors (Lipinski definition) is 3. The lowest BCUT2D eigenvalue weighted by molar-refractivity contribution is -0.183. The molecule has 0 saturated heterocycles. The van der Waals surface area contributed by atoms with Gasteiger partial charge in [-0.3, -0.25) is 0 Å².